The largest absolute Gasteiger partial charge is 0.387 e. The summed E-state index contributed by atoms with van der Waals surface area (Å²) in [6.45, 7) is 1.76. The average Bonchev–Trinajstić information content (AvgIpc) is 2.12. The van der Waals surface area contributed by atoms with Crippen LogP contribution in [-0.4, -0.2) is 55.1 Å². The van der Waals surface area contributed by atoms with E-state index in [4.69, 9.17) is 14.2 Å². The molecule has 13 heavy (non-hydrogen) atoms. The van der Waals surface area contributed by atoms with Gasteiger partial charge in [-0.1, -0.05) is 0 Å². The molecule has 1 aliphatic heterocycles. The van der Waals surface area contributed by atoms with Gasteiger partial charge in [0, 0.05) is 14.2 Å². The third-order valence-electron chi connectivity index (χ3n) is 2.28. The molecule has 1 fully saturated rings. The van der Waals surface area contributed by atoms with E-state index in [0.29, 0.717) is 0 Å². The minimum absolute atomic E-state index is 0.298. The van der Waals surface area contributed by atoms with Crippen LogP contribution in [0.3, 0.4) is 0 Å². The van der Waals surface area contributed by atoms with Gasteiger partial charge < -0.3 is 24.4 Å². The number of aliphatic hydroxyl groups excluding tert-OH is 2. The van der Waals surface area contributed by atoms with Crippen molar-refractivity contribution in [1.82, 2.24) is 0 Å². The molecular weight excluding hydrogens is 176 g/mol. The molecule has 0 bridgehead atoms. The first kappa shape index (κ1) is 10.9. The lowest BCUT2D eigenvalue weighted by Gasteiger charge is -2.39. The highest BCUT2D eigenvalue weighted by molar-refractivity contribution is 4.87. The molecule has 1 saturated heterocycles. The zero-order valence-electron chi connectivity index (χ0n) is 8.01. The molecule has 0 aliphatic carbocycles. The van der Waals surface area contributed by atoms with E-state index in [9.17, 15) is 10.2 Å². The van der Waals surface area contributed by atoms with Crippen LogP contribution in [0.15, 0.2) is 0 Å². The third kappa shape index (κ3) is 2.00. The van der Waals surface area contributed by atoms with Crippen LogP contribution in [0, 0.1) is 0 Å². The normalized spacial score (nSPS) is 46.4. The third-order valence-corrected chi connectivity index (χ3v) is 2.28. The smallest absolute Gasteiger partial charge is 0.186 e. The second-order valence-corrected chi connectivity index (χ2v) is 3.13. The molecule has 0 saturated carbocycles. The molecule has 5 atom stereocenters. The molecule has 5 heteroatoms. The van der Waals surface area contributed by atoms with Crippen LogP contribution >= 0.6 is 0 Å². The maximum Gasteiger partial charge on any atom is 0.186 e. The molecule has 0 aromatic heterocycles. The predicted molar refractivity (Wildman–Crippen MR) is 44.2 cm³/mol. The summed E-state index contributed by atoms with van der Waals surface area (Å²) in [4.78, 5) is 0. The summed E-state index contributed by atoms with van der Waals surface area (Å²) < 4.78 is 15.1. The van der Waals surface area contributed by atoms with Crippen LogP contribution in [0.25, 0.3) is 0 Å². The van der Waals surface area contributed by atoms with Crippen molar-refractivity contribution in [3.05, 3.63) is 0 Å². The van der Waals surface area contributed by atoms with Crippen LogP contribution in [0.1, 0.15) is 6.92 Å². The fourth-order valence-corrected chi connectivity index (χ4v) is 1.53. The van der Waals surface area contributed by atoms with Gasteiger partial charge in [0.15, 0.2) is 6.29 Å². The lowest BCUT2D eigenvalue weighted by molar-refractivity contribution is -0.289. The SMILES string of the molecule is COC1O[C@@H](C)[C@@H](OC)[C@@H](O)[C@@H]1O. The van der Waals surface area contributed by atoms with Gasteiger partial charge >= 0.3 is 0 Å². The van der Waals surface area contributed by atoms with E-state index in [1.54, 1.807) is 6.92 Å². The molecule has 1 heterocycles. The second kappa shape index (κ2) is 4.34. The molecule has 78 valence electrons. The van der Waals surface area contributed by atoms with E-state index >= 15 is 0 Å². The summed E-state index contributed by atoms with van der Waals surface area (Å²) in [6, 6.07) is 0. The Morgan fingerprint density at radius 2 is 1.69 bits per heavy atom. The van der Waals surface area contributed by atoms with E-state index in [1.165, 1.54) is 14.2 Å². The lowest BCUT2D eigenvalue weighted by atomic mass is 10.00. The Balaban J connectivity index is 2.66. The van der Waals surface area contributed by atoms with E-state index < -0.39 is 24.6 Å². The van der Waals surface area contributed by atoms with Crippen LogP contribution in [0.5, 0.6) is 0 Å². The highest BCUT2D eigenvalue weighted by atomic mass is 16.7. The fraction of sp³-hybridized carbons (Fsp3) is 1.00. The van der Waals surface area contributed by atoms with Gasteiger partial charge in [-0.25, -0.2) is 0 Å². The monoisotopic (exact) mass is 192 g/mol. The minimum atomic E-state index is -1.06. The van der Waals surface area contributed by atoms with Crippen LogP contribution in [-0.2, 0) is 14.2 Å². The zero-order chi connectivity index (χ0) is 10.0. The first-order valence-corrected chi connectivity index (χ1v) is 4.19. The number of aliphatic hydroxyl groups is 2. The van der Waals surface area contributed by atoms with Crippen molar-refractivity contribution in [1.29, 1.82) is 0 Å². The number of hydrogen-bond donors (Lipinski definition) is 2. The number of rotatable bonds is 2. The summed E-state index contributed by atoms with van der Waals surface area (Å²) in [5, 5.41) is 19.1. The first-order chi connectivity index (χ1) is 6.11. The van der Waals surface area contributed by atoms with Gasteiger partial charge in [0.25, 0.3) is 0 Å². The molecule has 0 spiro atoms. The van der Waals surface area contributed by atoms with E-state index in [2.05, 4.69) is 0 Å². The molecule has 1 aliphatic rings. The van der Waals surface area contributed by atoms with Gasteiger partial charge in [0.05, 0.1) is 6.10 Å². The Bertz CT molecular complexity index is 163. The van der Waals surface area contributed by atoms with Gasteiger partial charge in [0.1, 0.15) is 18.3 Å². The zero-order valence-corrected chi connectivity index (χ0v) is 8.01. The molecule has 0 aromatic rings. The molecule has 0 radical (unpaired) electrons. The first-order valence-electron chi connectivity index (χ1n) is 4.19. The van der Waals surface area contributed by atoms with Crippen molar-refractivity contribution in [3.63, 3.8) is 0 Å². The van der Waals surface area contributed by atoms with E-state index in [1.807, 2.05) is 0 Å². The predicted octanol–water partition coefficient (Wildman–Crippen LogP) is -0.886. The highest BCUT2D eigenvalue weighted by Gasteiger charge is 2.42. The summed E-state index contributed by atoms with van der Waals surface area (Å²) in [5.74, 6) is 0. The Hall–Kier alpha value is -0.200. The second-order valence-electron chi connectivity index (χ2n) is 3.13. The average molecular weight is 192 g/mol. The maximum atomic E-state index is 9.57. The Kier molecular flexibility index (Phi) is 3.63. The van der Waals surface area contributed by atoms with Crippen LogP contribution in [0.4, 0.5) is 0 Å². The topological polar surface area (TPSA) is 68.2 Å². The lowest BCUT2D eigenvalue weighted by Crippen LogP contribution is -2.57. The Labute approximate surface area is 77.2 Å². The standard InChI is InChI=1S/C8H16O5/c1-4-7(11-2)5(9)6(10)8(12-3)13-4/h4-10H,1-3H3/t4-,5-,6-,7+,8?/m0/s1. The maximum absolute atomic E-state index is 9.57. The van der Waals surface area contributed by atoms with Gasteiger partial charge in [-0.05, 0) is 6.92 Å². The van der Waals surface area contributed by atoms with Gasteiger partial charge in [-0.3, -0.25) is 0 Å². The summed E-state index contributed by atoms with van der Waals surface area (Å²) in [6.07, 6.45) is -3.63. The minimum Gasteiger partial charge on any atom is -0.387 e. The van der Waals surface area contributed by atoms with Crippen molar-refractivity contribution in [2.24, 2.45) is 0 Å². The van der Waals surface area contributed by atoms with Gasteiger partial charge in [-0.2, -0.15) is 0 Å². The van der Waals surface area contributed by atoms with E-state index in [-0.39, 0.29) is 6.10 Å². The van der Waals surface area contributed by atoms with Crippen molar-refractivity contribution >= 4 is 0 Å². The fourth-order valence-electron chi connectivity index (χ4n) is 1.53. The molecule has 0 amide bonds. The van der Waals surface area contributed by atoms with Gasteiger partial charge in [0.2, 0.25) is 0 Å². The van der Waals surface area contributed by atoms with Crippen LogP contribution in [0.2, 0.25) is 0 Å². The molecule has 1 rings (SSSR count). The van der Waals surface area contributed by atoms with Crippen LogP contribution < -0.4 is 0 Å². The summed E-state index contributed by atoms with van der Waals surface area (Å²) >= 11 is 0. The molecular formula is C8H16O5. The molecule has 5 nitrogen and oxygen atoms in total. The van der Waals surface area contributed by atoms with Gasteiger partial charge in [-0.15, -0.1) is 0 Å². The molecule has 0 aromatic carbocycles. The molecule has 1 unspecified atom stereocenters. The highest BCUT2D eigenvalue weighted by Crippen LogP contribution is 2.22. The number of ether oxygens (including phenoxy) is 3. The van der Waals surface area contributed by atoms with Crippen molar-refractivity contribution < 1.29 is 24.4 Å². The molecule has 2 N–H and O–H groups in total. The number of hydrogen-bond acceptors (Lipinski definition) is 5. The summed E-state index contributed by atoms with van der Waals surface area (Å²) in [5.41, 5.74) is 0. The number of methoxy groups -OCH3 is 2. The quantitative estimate of drug-likeness (QED) is 0.594. The summed E-state index contributed by atoms with van der Waals surface area (Å²) in [7, 11) is 2.88. The Morgan fingerprint density at radius 1 is 1.08 bits per heavy atom. The van der Waals surface area contributed by atoms with Crippen molar-refractivity contribution in [2.75, 3.05) is 14.2 Å². The van der Waals surface area contributed by atoms with Crippen molar-refractivity contribution in [3.8, 4) is 0 Å². The van der Waals surface area contributed by atoms with E-state index in [0.717, 1.165) is 0 Å². The Morgan fingerprint density at radius 3 is 2.15 bits per heavy atom. The van der Waals surface area contributed by atoms with Crippen molar-refractivity contribution in [2.45, 2.75) is 37.6 Å².